The highest BCUT2D eigenvalue weighted by molar-refractivity contribution is 5.95. The average Bonchev–Trinajstić information content (AvgIpc) is 3.08. The van der Waals surface area contributed by atoms with Crippen LogP contribution in [0, 0.1) is 5.41 Å². The van der Waals surface area contributed by atoms with Gasteiger partial charge in [-0.3, -0.25) is 9.69 Å². The van der Waals surface area contributed by atoms with Gasteiger partial charge >= 0.3 is 0 Å². The maximum atomic E-state index is 12.6. The van der Waals surface area contributed by atoms with E-state index in [1.807, 2.05) is 12.1 Å². The Labute approximate surface area is 162 Å². The summed E-state index contributed by atoms with van der Waals surface area (Å²) in [5.41, 5.74) is 7.65. The first-order valence-corrected chi connectivity index (χ1v) is 8.62. The fourth-order valence-corrected chi connectivity index (χ4v) is 3.55. The number of nitrogens with zero attached hydrogens (tertiary/aromatic N) is 1. The Morgan fingerprint density at radius 3 is 2.28 bits per heavy atom. The van der Waals surface area contributed by atoms with E-state index in [9.17, 15) is 4.79 Å². The Kier molecular flexibility index (Phi) is 9.17. The molecular formula is C18H29Cl2N3O2. The van der Waals surface area contributed by atoms with Gasteiger partial charge in [-0.2, -0.15) is 0 Å². The van der Waals surface area contributed by atoms with Crippen molar-refractivity contribution in [3.8, 4) is 0 Å². The number of anilines is 1. The van der Waals surface area contributed by atoms with Gasteiger partial charge in [-0.05, 0) is 30.5 Å². The maximum Gasteiger partial charge on any atom is 0.231 e. The second kappa shape index (κ2) is 10.3. The lowest BCUT2D eigenvalue weighted by Crippen LogP contribution is -2.40. The van der Waals surface area contributed by atoms with Crippen LogP contribution in [-0.2, 0) is 16.1 Å². The van der Waals surface area contributed by atoms with Gasteiger partial charge in [0.1, 0.15) is 0 Å². The van der Waals surface area contributed by atoms with Gasteiger partial charge in [0.05, 0.1) is 18.6 Å². The molecule has 1 aliphatic carbocycles. The third-order valence-electron chi connectivity index (χ3n) is 5.15. The number of nitrogens with one attached hydrogen (secondary N) is 1. The van der Waals surface area contributed by atoms with E-state index in [4.69, 9.17) is 10.5 Å². The molecule has 3 rings (SSSR count). The molecule has 0 spiro atoms. The van der Waals surface area contributed by atoms with Crippen molar-refractivity contribution in [2.75, 3.05) is 38.2 Å². The predicted molar refractivity (Wildman–Crippen MR) is 106 cm³/mol. The summed E-state index contributed by atoms with van der Waals surface area (Å²) in [6.07, 6.45) is 4.01. The number of carbonyl (C=O) groups excluding carboxylic acids is 1. The smallest absolute Gasteiger partial charge is 0.231 e. The third kappa shape index (κ3) is 5.56. The van der Waals surface area contributed by atoms with E-state index < -0.39 is 0 Å². The standard InChI is InChI=1S/C18H27N3O2.2ClH/c19-14-18(7-1-2-8-18)17(22)20-16-5-3-15(4-6-16)13-21-9-11-23-12-10-21;;/h3-6H,1-2,7-14,19H2,(H,20,22);2*1H. The second-order valence-corrected chi connectivity index (χ2v) is 6.73. The second-order valence-electron chi connectivity index (χ2n) is 6.73. The molecule has 1 aromatic rings. The van der Waals surface area contributed by atoms with Crippen molar-refractivity contribution >= 4 is 36.4 Å². The Morgan fingerprint density at radius 1 is 1.12 bits per heavy atom. The number of ether oxygens (including phenoxy) is 1. The number of morpholine rings is 1. The Hall–Kier alpha value is -0.850. The highest BCUT2D eigenvalue weighted by atomic mass is 35.5. The Balaban J connectivity index is 0.00000156. The van der Waals surface area contributed by atoms with Gasteiger partial charge < -0.3 is 15.8 Å². The van der Waals surface area contributed by atoms with Crippen molar-refractivity contribution < 1.29 is 9.53 Å². The lowest BCUT2D eigenvalue weighted by atomic mass is 9.85. The summed E-state index contributed by atoms with van der Waals surface area (Å²) in [6.45, 7) is 4.97. The van der Waals surface area contributed by atoms with Crippen LogP contribution in [0.2, 0.25) is 0 Å². The van der Waals surface area contributed by atoms with Crippen LogP contribution in [-0.4, -0.2) is 43.7 Å². The highest BCUT2D eigenvalue weighted by Crippen LogP contribution is 2.38. The van der Waals surface area contributed by atoms with Crippen LogP contribution in [0.1, 0.15) is 31.2 Å². The summed E-state index contributed by atoms with van der Waals surface area (Å²) in [5, 5.41) is 3.05. The van der Waals surface area contributed by atoms with Crippen molar-refractivity contribution in [2.45, 2.75) is 32.2 Å². The minimum atomic E-state index is -0.355. The quantitative estimate of drug-likeness (QED) is 0.812. The molecule has 2 aliphatic rings. The number of hydrogen-bond donors (Lipinski definition) is 2. The summed E-state index contributed by atoms with van der Waals surface area (Å²) in [7, 11) is 0. The molecule has 1 aliphatic heterocycles. The highest BCUT2D eigenvalue weighted by Gasteiger charge is 2.39. The summed E-state index contributed by atoms with van der Waals surface area (Å²) in [4.78, 5) is 14.9. The summed E-state index contributed by atoms with van der Waals surface area (Å²) in [5.74, 6) is 0.0819. The molecule has 3 N–H and O–H groups in total. The van der Waals surface area contributed by atoms with Gasteiger partial charge in [0.15, 0.2) is 0 Å². The molecule has 0 unspecified atom stereocenters. The number of rotatable bonds is 5. The molecule has 2 fully saturated rings. The molecule has 5 nitrogen and oxygen atoms in total. The van der Waals surface area contributed by atoms with Gasteiger partial charge in [-0.1, -0.05) is 25.0 Å². The van der Waals surface area contributed by atoms with Crippen LogP contribution in [0.15, 0.2) is 24.3 Å². The van der Waals surface area contributed by atoms with Gasteiger partial charge in [0, 0.05) is 31.9 Å². The van der Waals surface area contributed by atoms with Crippen LogP contribution < -0.4 is 11.1 Å². The molecule has 1 saturated carbocycles. The van der Waals surface area contributed by atoms with Crippen LogP contribution in [0.3, 0.4) is 0 Å². The molecule has 1 aromatic carbocycles. The molecule has 1 amide bonds. The zero-order valence-electron chi connectivity index (χ0n) is 14.5. The Bertz CT molecular complexity index is 528. The lowest BCUT2D eigenvalue weighted by molar-refractivity contribution is -0.124. The fraction of sp³-hybridized carbons (Fsp3) is 0.611. The summed E-state index contributed by atoms with van der Waals surface area (Å²) in [6, 6.07) is 8.17. The molecule has 0 bridgehead atoms. The number of hydrogen-bond acceptors (Lipinski definition) is 4. The van der Waals surface area contributed by atoms with Crippen molar-refractivity contribution in [2.24, 2.45) is 11.1 Å². The van der Waals surface area contributed by atoms with Gasteiger partial charge in [0.25, 0.3) is 0 Å². The largest absolute Gasteiger partial charge is 0.379 e. The normalized spacial score (nSPS) is 19.6. The summed E-state index contributed by atoms with van der Waals surface area (Å²) < 4.78 is 5.37. The molecule has 1 saturated heterocycles. The minimum absolute atomic E-state index is 0. The van der Waals surface area contributed by atoms with Crippen molar-refractivity contribution in [3.05, 3.63) is 29.8 Å². The van der Waals surface area contributed by atoms with Gasteiger partial charge in [-0.15, -0.1) is 24.8 Å². The monoisotopic (exact) mass is 389 g/mol. The molecule has 0 radical (unpaired) electrons. The van der Waals surface area contributed by atoms with Crippen LogP contribution >= 0.6 is 24.8 Å². The van der Waals surface area contributed by atoms with E-state index in [-0.39, 0.29) is 36.1 Å². The van der Waals surface area contributed by atoms with E-state index in [2.05, 4.69) is 22.3 Å². The zero-order chi connectivity index (χ0) is 16.1. The molecule has 0 aromatic heterocycles. The van der Waals surface area contributed by atoms with E-state index in [1.165, 1.54) is 5.56 Å². The number of benzene rings is 1. The first kappa shape index (κ1) is 22.2. The minimum Gasteiger partial charge on any atom is -0.379 e. The van der Waals surface area contributed by atoms with Crippen molar-refractivity contribution in [3.63, 3.8) is 0 Å². The molecule has 142 valence electrons. The molecule has 1 heterocycles. The van der Waals surface area contributed by atoms with E-state index in [1.54, 1.807) is 0 Å². The van der Waals surface area contributed by atoms with Crippen LogP contribution in [0.4, 0.5) is 5.69 Å². The number of halogens is 2. The number of amides is 1. The predicted octanol–water partition coefficient (Wildman–Crippen LogP) is 2.82. The lowest BCUT2D eigenvalue weighted by Gasteiger charge is -2.27. The van der Waals surface area contributed by atoms with Crippen LogP contribution in [0.5, 0.6) is 0 Å². The van der Waals surface area contributed by atoms with Crippen molar-refractivity contribution in [1.82, 2.24) is 4.90 Å². The van der Waals surface area contributed by atoms with E-state index >= 15 is 0 Å². The first-order valence-electron chi connectivity index (χ1n) is 8.62. The SMILES string of the molecule is Cl.Cl.NCC1(C(=O)Nc2ccc(CN3CCOCC3)cc2)CCCC1. The number of carbonyl (C=O) groups is 1. The van der Waals surface area contributed by atoms with E-state index in [0.29, 0.717) is 6.54 Å². The number of nitrogens with two attached hydrogens (primary N) is 1. The topological polar surface area (TPSA) is 67.6 Å². The average molecular weight is 390 g/mol. The van der Waals surface area contributed by atoms with Crippen LogP contribution in [0.25, 0.3) is 0 Å². The van der Waals surface area contributed by atoms with Gasteiger partial charge in [-0.25, -0.2) is 0 Å². The maximum absolute atomic E-state index is 12.6. The Morgan fingerprint density at radius 2 is 1.72 bits per heavy atom. The summed E-state index contributed by atoms with van der Waals surface area (Å²) >= 11 is 0. The molecular weight excluding hydrogens is 361 g/mol. The van der Waals surface area contributed by atoms with Crippen molar-refractivity contribution in [1.29, 1.82) is 0 Å². The van der Waals surface area contributed by atoms with E-state index in [0.717, 1.165) is 64.2 Å². The van der Waals surface area contributed by atoms with Gasteiger partial charge in [0.2, 0.25) is 5.91 Å². The molecule has 25 heavy (non-hydrogen) atoms. The fourth-order valence-electron chi connectivity index (χ4n) is 3.55. The zero-order valence-corrected chi connectivity index (χ0v) is 16.2. The third-order valence-corrected chi connectivity index (χ3v) is 5.15. The molecule has 7 heteroatoms. The first-order chi connectivity index (χ1) is 11.2. The molecule has 0 atom stereocenters.